The van der Waals surface area contributed by atoms with Crippen LogP contribution in [0, 0.1) is 0 Å². The van der Waals surface area contributed by atoms with E-state index in [-0.39, 0.29) is 17.9 Å². The van der Waals surface area contributed by atoms with Crippen LogP contribution in [0.25, 0.3) is 0 Å². The van der Waals surface area contributed by atoms with Crippen LogP contribution < -0.4 is 0 Å². The van der Waals surface area contributed by atoms with Gasteiger partial charge in [0.2, 0.25) is 0 Å². The minimum atomic E-state index is -4.45. The lowest BCUT2D eigenvalue weighted by Crippen LogP contribution is -2.15. The third-order valence-electron chi connectivity index (χ3n) is 4.00. The Morgan fingerprint density at radius 2 is 1.93 bits per heavy atom. The SMILES string of the molecule is CO/N=C\C(C(=O)O)c1ccccc1CO/N=C(/C)c1cccc(C(F)(F)F)c1. The van der Waals surface area contributed by atoms with Crippen molar-refractivity contribution in [3.8, 4) is 0 Å². The highest BCUT2D eigenvalue weighted by Crippen LogP contribution is 2.29. The van der Waals surface area contributed by atoms with E-state index in [1.807, 2.05) is 0 Å². The lowest BCUT2D eigenvalue weighted by molar-refractivity contribution is -0.138. The lowest BCUT2D eigenvalue weighted by Gasteiger charge is -2.13. The average Bonchev–Trinajstić information content (AvgIpc) is 2.68. The molecular formula is C20H19F3N2O4. The van der Waals surface area contributed by atoms with Crippen molar-refractivity contribution in [2.45, 2.75) is 25.6 Å². The number of nitrogens with zero attached hydrogens (tertiary/aromatic N) is 2. The summed E-state index contributed by atoms with van der Waals surface area (Å²) < 4.78 is 38.5. The minimum absolute atomic E-state index is 0.0723. The summed E-state index contributed by atoms with van der Waals surface area (Å²) in [4.78, 5) is 21.4. The predicted octanol–water partition coefficient (Wildman–Crippen LogP) is 4.45. The number of hydrogen-bond acceptors (Lipinski definition) is 5. The summed E-state index contributed by atoms with van der Waals surface area (Å²) in [6, 6.07) is 11.4. The maximum atomic E-state index is 12.8. The van der Waals surface area contributed by atoms with Gasteiger partial charge in [0, 0.05) is 0 Å². The van der Waals surface area contributed by atoms with Gasteiger partial charge < -0.3 is 14.8 Å². The van der Waals surface area contributed by atoms with E-state index in [0.29, 0.717) is 11.1 Å². The van der Waals surface area contributed by atoms with E-state index in [9.17, 15) is 23.1 Å². The molecule has 0 saturated carbocycles. The van der Waals surface area contributed by atoms with Gasteiger partial charge in [-0.05, 0) is 35.7 Å². The molecule has 2 aromatic rings. The largest absolute Gasteiger partial charge is 0.481 e. The third kappa shape index (κ3) is 6.06. The van der Waals surface area contributed by atoms with Crippen molar-refractivity contribution in [1.29, 1.82) is 0 Å². The highest BCUT2D eigenvalue weighted by atomic mass is 19.4. The molecule has 9 heteroatoms. The Bertz CT molecular complexity index is 911. The van der Waals surface area contributed by atoms with Crippen molar-refractivity contribution < 1.29 is 32.7 Å². The zero-order valence-corrected chi connectivity index (χ0v) is 15.7. The van der Waals surface area contributed by atoms with Crippen molar-refractivity contribution in [1.82, 2.24) is 0 Å². The van der Waals surface area contributed by atoms with Crippen LogP contribution in [0.5, 0.6) is 0 Å². The van der Waals surface area contributed by atoms with Gasteiger partial charge in [-0.3, -0.25) is 4.79 Å². The standard InChI is InChI=1S/C20H19F3N2O4/c1-13(14-7-5-8-16(10-14)20(21,22)23)25-29-12-15-6-3-4-9-17(15)18(19(26)27)11-24-28-2/h3-11,18H,12H2,1-2H3,(H,26,27)/b24-11-,25-13-. The quantitative estimate of drug-likeness (QED) is 0.517. The van der Waals surface area contributed by atoms with Gasteiger partial charge in [-0.25, -0.2) is 0 Å². The Morgan fingerprint density at radius 3 is 2.59 bits per heavy atom. The summed E-state index contributed by atoms with van der Waals surface area (Å²) in [5, 5.41) is 16.8. The van der Waals surface area contributed by atoms with E-state index in [4.69, 9.17) is 4.84 Å². The van der Waals surface area contributed by atoms with Crippen LogP contribution in [0.4, 0.5) is 13.2 Å². The molecule has 29 heavy (non-hydrogen) atoms. The molecule has 1 N–H and O–H groups in total. The summed E-state index contributed by atoms with van der Waals surface area (Å²) in [5.41, 5.74) is 0.723. The van der Waals surface area contributed by atoms with Gasteiger partial charge in [-0.1, -0.05) is 46.7 Å². The molecule has 0 amide bonds. The number of halogens is 3. The molecule has 0 aliphatic rings. The molecule has 0 fully saturated rings. The van der Waals surface area contributed by atoms with Crippen molar-refractivity contribution in [3.63, 3.8) is 0 Å². The van der Waals surface area contributed by atoms with Crippen LogP contribution in [0.1, 0.15) is 35.1 Å². The second-order valence-corrected chi connectivity index (χ2v) is 5.98. The molecular weight excluding hydrogens is 389 g/mol. The number of carboxylic acid groups (broad SMARTS) is 1. The summed E-state index contributed by atoms with van der Waals surface area (Å²) in [6.45, 7) is 1.45. The number of alkyl halides is 3. The number of rotatable bonds is 8. The van der Waals surface area contributed by atoms with E-state index in [0.717, 1.165) is 18.3 Å². The van der Waals surface area contributed by atoms with Crippen LogP contribution in [0.15, 0.2) is 58.8 Å². The van der Waals surface area contributed by atoms with Crippen molar-refractivity contribution in [2.24, 2.45) is 10.3 Å². The Kier molecular flexibility index (Phi) is 7.35. The van der Waals surface area contributed by atoms with E-state index >= 15 is 0 Å². The molecule has 1 atom stereocenters. The summed E-state index contributed by atoms with van der Waals surface area (Å²) in [5.74, 6) is -2.18. The number of aliphatic carboxylic acids is 1. The Morgan fingerprint density at radius 1 is 1.21 bits per heavy atom. The molecule has 0 heterocycles. The molecule has 6 nitrogen and oxygen atoms in total. The summed E-state index contributed by atoms with van der Waals surface area (Å²) >= 11 is 0. The maximum Gasteiger partial charge on any atom is 0.416 e. The van der Waals surface area contributed by atoms with Crippen molar-refractivity contribution in [2.75, 3.05) is 7.11 Å². The summed E-state index contributed by atoms with van der Waals surface area (Å²) in [7, 11) is 1.30. The van der Waals surface area contributed by atoms with E-state index in [2.05, 4.69) is 15.1 Å². The smallest absolute Gasteiger partial charge is 0.416 e. The predicted molar refractivity (Wildman–Crippen MR) is 101 cm³/mol. The first-order chi connectivity index (χ1) is 13.7. The third-order valence-corrected chi connectivity index (χ3v) is 4.00. The van der Waals surface area contributed by atoms with E-state index in [1.54, 1.807) is 24.3 Å². The molecule has 0 aromatic heterocycles. The van der Waals surface area contributed by atoms with Gasteiger partial charge in [-0.15, -0.1) is 0 Å². The molecule has 0 saturated heterocycles. The number of benzene rings is 2. The van der Waals surface area contributed by atoms with Crippen molar-refractivity contribution >= 4 is 17.9 Å². The zero-order valence-electron chi connectivity index (χ0n) is 15.7. The lowest BCUT2D eigenvalue weighted by atomic mass is 9.95. The first kappa shape index (κ1) is 21.9. The maximum absolute atomic E-state index is 12.8. The Balaban J connectivity index is 2.18. The number of carboxylic acids is 1. The fourth-order valence-corrected chi connectivity index (χ4v) is 2.54. The zero-order chi connectivity index (χ0) is 21.4. The second kappa shape index (κ2) is 9.72. The average molecular weight is 408 g/mol. The molecule has 0 spiro atoms. The van der Waals surface area contributed by atoms with Gasteiger partial charge >= 0.3 is 12.1 Å². The fraction of sp³-hybridized carbons (Fsp3) is 0.250. The normalized spacial score (nSPS) is 13.3. The molecule has 0 radical (unpaired) electrons. The molecule has 1 unspecified atom stereocenters. The monoisotopic (exact) mass is 408 g/mol. The first-order valence-corrected chi connectivity index (χ1v) is 8.45. The second-order valence-electron chi connectivity index (χ2n) is 5.98. The van der Waals surface area contributed by atoms with Crippen LogP contribution >= 0.6 is 0 Å². The van der Waals surface area contributed by atoms with Gasteiger partial charge in [0.05, 0.1) is 17.5 Å². The van der Waals surface area contributed by atoms with Crippen LogP contribution in [0.3, 0.4) is 0 Å². The number of oxime groups is 2. The van der Waals surface area contributed by atoms with Gasteiger partial charge in [-0.2, -0.15) is 13.2 Å². The van der Waals surface area contributed by atoms with Crippen LogP contribution in [-0.2, 0) is 27.3 Å². The molecule has 0 aliphatic carbocycles. The van der Waals surface area contributed by atoms with Crippen LogP contribution in [-0.4, -0.2) is 30.1 Å². The van der Waals surface area contributed by atoms with Gasteiger partial charge in [0.1, 0.15) is 19.6 Å². The number of carbonyl (C=O) groups is 1. The van der Waals surface area contributed by atoms with E-state index in [1.165, 1.54) is 26.2 Å². The Hall–Kier alpha value is -3.36. The topological polar surface area (TPSA) is 80.5 Å². The van der Waals surface area contributed by atoms with E-state index < -0.39 is 23.6 Å². The molecule has 2 aromatic carbocycles. The molecule has 154 valence electrons. The minimum Gasteiger partial charge on any atom is -0.481 e. The molecule has 2 rings (SSSR count). The first-order valence-electron chi connectivity index (χ1n) is 8.45. The van der Waals surface area contributed by atoms with Crippen LogP contribution in [0.2, 0.25) is 0 Å². The Labute approximate surface area is 165 Å². The van der Waals surface area contributed by atoms with Gasteiger partial charge in [0.15, 0.2) is 0 Å². The molecule has 0 aliphatic heterocycles. The molecule has 0 bridgehead atoms. The number of hydrogen-bond donors (Lipinski definition) is 1. The van der Waals surface area contributed by atoms with Gasteiger partial charge in [0.25, 0.3) is 0 Å². The summed E-state index contributed by atoms with van der Waals surface area (Å²) in [6.07, 6.45) is -3.30. The highest BCUT2D eigenvalue weighted by Gasteiger charge is 2.30. The highest BCUT2D eigenvalue weighted by molar-refractivity contribution is 5.98. The fourth-order valence-electron chi connectivity index (χ4n) is 2.54. The van der Waals surface area contributed by atoms with Crippen molar-refractivity contribution in [3.05, 3.63) is 70.8 Å².